The Labute approximate surface area is 125 Å². The van der Waals surface area contributed by atoms with Gasteiger partial charge in [-0.15, -0.1) is 0 Å². The Morgan fingerprint density at radius 3 is 2.52 bits per heavy atom. The Hall–Kier alpha value is -1.74. The molecule has 0 aliphatic carbocycles. The van der Waals surface area contributed by atoms with Crippen LogP contribution in [0.2, 0.25) is 0 Å². The van der Waals surface area contributed by atoms with Gasteiger partial charge >= 0.3 is 0 Å². The summed E-state index contributed by atoms with van der Waals surface area (Å²) in [5.41, 5.74) is 3.88. The van der Waals surface area contributed by atoms with Crippen LogP contribution in [0.25, 0.3) is 0 Å². The largest absolute Gasteiger partial charge is 0.310 e. The molecule has 0 aliphatic heterocycles. The molecular formula is C18H21F2N. The standard InChI is InChI=1S/C18H21F2N/c1-4-21-18(16-11-15(19)7-8-17(16)20)10-14-9-12(2)5-6-13(14)3/h5-9,11,18,21H,4,10H2,1-3H3. The Morgan fingerprint density at radius 1 is 1.05 bits per heavy atom. The van der Waals surface area contributed by atoms with Crippen molar-refractivity contribution in [3.8, 4) is 0 Å². The maximum absolute atomic E-state index is 14.0. The van der Waals surface area contributed by atoms with Crippen molar-refractivity contribution in [1.82, 2.24) is 5.32 Å². The van der Waals surface area contributed by atoms with Crippen LogP contribution >= 0.6 is 0 Å². The van der Waals surface area contributed by atoms with Crippen molar-refractivity contribution in [2.24, 2.45) is 0 Å². The monoisotopic (exact) mass is 289 g/mol. The van der Waals surface area contributed by atoms with Crippen LogP contribution in [0.15, 0.2) is 36.4 Å². The lowest BCUT2D eigenvalue weighted by Gasteiger charge is -2.20. The predicted octanol–water partition coefficient (Wildman–Crippen LogP) is 4.47. The van der Waals surface area contributed by atoms with Crippen molar-refractivity contribution in [2.75, 3.05) is 6.54 Å². The second kappa shape index (κ2) is 6.81. The van der Waals surface area contributed by atoms with Gasteiger partial charge in [0.05, 0.1) is 0 Å². The summed E-state index contributed by atoms with van der Waals surface area (Å²) in [4.78, 5) is 0. The fraction of sp³-hybridized carbons (Fsp3) is 0.333. The van der Waals surface area contributed by atoms with E-state index in [1.807, 2.05) is 20.8 Å². The number of likely N-dealkylation sites (N-methyl/N-ethyl adjacent to an activating group) is 1. The third-order valence-corrected chi connectivity index (χ3v) is 3.71. The van der Waals surface area contributed by atoms with E-state index in [1.165, 1.54) is 23.3 Å². The van der Waals surface area contributed by atoms with Crippen LogP contribution in [-0.4, -0.2) is 6.54 Å². The molecular weight excluding hydrogens is 268 g/mol. The summed E-state index contributed by atoms with van der Waals surface area (Å²) in [5.74, 6) is -0.775. The second-order valence-corrected chi connectivity index (χ2v) is 5.41. The summed E-state index contributed by atoms with van der Waals surface area (Å²) < 4.78 is 27.5. The lowest BCUT2D eigenvalue weighted by Crippen LogP contribution is -2.24. The van der Waals surface area contributed by atoms with E-state index in [-0.39, 0.29) is 11.9 Å². The molecule has 0 saturated carbocycles. The number of rotatable bonds is 5. The van der Waals surface area contributed by atoms with E-state index in [4.69, 9.17) is 0 Å². The van der Waals surface area contributed by atoms with Gasteiger partial charge in [-0.3, -0.25) is 0 Å². The maximum atomic E-state index is 14.0. The predicted molar refractivity (Wildman–Crippen MR) is 82.4 cm³/mol. The topological polar surface area (TPSA) is 12.0 Å². The first-order valence-corrected chi connectivity index (χ1v) is 7.25. The van der Waals surface area contributed by atoms with Crippen molar-refractivity contribution in [2.45, 2.75) is 33.2 Å². The first kappa shape index (κ1) is 15.6. The minimum atomic E-state index is -0.407. The third-order valence-electron chi connectivity index (χ3n) is 3.71. The number of hydrogen-bond donors (Lipinski definition) is 1. The number of aryl methyl sites for hydroxylation is 2. The fourth-order valence-corrected chi connectivity index (χ4v) is 2.56. The van der Waals surface area contributed by atoms with Gasteiger partial charge in [-0.05, 0) is 56.1 Å². The number of benzene rings is 2. The van der Waals surface area contributed by atoms with E-state index in [0.29, 0.717) is 18.5 Å². The molecule has 21 heavy (non-hydrogen) atoms. The minimum absolute atomic E-state index is 0.230. The molecule has 1 unspecified atom stereocenters. The van der Waals surface area contributed by atoms with Gasteiger partial charge in [0.25, 0.3) is 0 Å². The van der Waals surface area contributed by atoms with Crippen molar-refractivity contribution in [1.29, 1.82) is 0 Å². The summed E-state index contributed by atoms with van der Waals surface area (Å²) in [7, 11) is 0. The highest BCUT2D eigenvalue weighted by atomic mass is 19.1. The van der Waals surface area contributed by atoms with Crippen LogP contribution < -0.4 is 5.32 Å². The molecule has 2 aromatic carbocycles. The average Bonchev–Trinajstić information content (AvgIpc) is 2.45. The molecule has 0 radical (unpaired) electrons. The van der Waals surface area contributed by atoms with E-state index in [2.05, 4.69) is 23.5 Å². The smallest absolute Gasteiger partial charge is 0.128 e. The fourth-order valence-electron chi connectivity index (χ4n) is 2.56. The highest BCUT2D eigenvalue weighted by Crippen LogP contribution is 2.24. The Kier molecular flexibility index (Phi) is 5.07. The third kappa shape index (κ3) is 3.88. The van der Waals surface area contributed by atoms with Crippen molar-refractivity contribution >= 4 is 0 Å². The second-order valence-electron chi connectivity index (χ2n) is 5.41. The van der Waals surface area contributed by atoms with Crippen molar-refractivity contribution in [3.05, 3.63) is 70.3 Å². The van der Waals surface area contributed by atoms with E-state index in [1.54, 1.807) is 0 Å². The zero-order valence-electron chi connectivity index (χ0n) is 12.7. The van der Waals surface area contributed by atoms with Crippen LogP contribution in [0.5, 0.6) is 0 Å². The molecule has 1 atom stereocenters. The van der Waals surface area contributed by atoms with Gasteiger partial charge in [0.2, 0.25) is 0 Å². The normalized spacial score (nSPS) is 12.4. The minimum Gasteiger partial charge on any atom is -0.310 e. The van der Waals surface area contributed by atoms with Crippen LogP contribution in [-0.2, 0) is 6.42 Å². The zero-order chi connectivity index (χ0) is 15.4. The number of hydrogen-bond acceptors (Lipinski definition) is 1. The molecule has 0 fully saturated rings. The summed E-state index contributed by atoms with van der Waals surface area (Å²) in [6, 6.07) is 9.63. The Morgan fingerprint density at radius 2 is 1.81 bits per heavy atom. The Bertz CT molecular complexity index is 623. The maximum Gasteiger partial charge on any atom is 0.128 e. The molecule has 1 nitrogen and oxygen atoms in total. The molecule has 2 rings (SSSR count). The SMILES string of the molecule is CCNC(Cc1cc(C)ccc1C)c1cc(F)ccc1F. The van der Waals surface area contributed by atoms with Crippen molar-refractivity contribution < 1.29 is 8.78 Å². The van der Waals surface area contributed by atoms with Crippen LogP contribution in [0.3, 0.4) is 0 Å². The molecule has 0 heterocycles. The highest BCUT2D eigenvalue weighted by molar-refractivity contribution is 5.33. The lowest BCUT2D eigenvalue weighted by atomic mass is 9.94. The van der Waals surface area contributed by atoms with E-state index in [0.717, 1.165) is 11.6 Å². The van der Waals surface area contributed by atoms with Gasteiger partial charge < -0.3 is 5.32 Å². The van der Waals surface area contributed by atoms with E-state index < -0.39 is 5.82 Å². The molecule has 0 aliphatic rings. The molecule has 112 valence electrons. The van der Waals surface area contributed by atoms with Gasteiger partial charge in [0.1, 0.15) is 11.6 Å². The van der Waals surface area contributed by atoms with Crippen LogP contribution in [0, 0.1) is 25.5 Å². The molecule has 0 amide bonds. The molecule has 2 aromatic rings. The van der Waals surface area contributed by atoms with Crippen LogP contribution in [0.1, 0.15) is 35.2 Å². The van der Waals surface area contributed by atoms with Crippen molar-refractivity contribution in [3.63, 3.8) is 0 Å². The molecule has 1 N–H and O–H groups in total. The molecule has 0 saturated heterocycles. The summed E-state index contributed by atoms with van der Waals surface area (Å²) in [5, 5.41) is 3.26. The van der Waals surface area contributed by atoms with Gasteiger partial charge in [0.15, 0.2) is 0 Å². The summed E-state index contributed by atoms with van der Waals surface area (Å²) in [6.07, 6.45) is 0.641. The first-order chi connectivity index (χ1) is 10.0. The highest BCUT2D eigenvalue weighted by Gasteiger charge is 2.17. The lowest BCUT2D eigenvalue weighted by molar-refractivity contribution is 0.501. The van der Waals surface area contributed by atoms with Gasteiger partial charge in [-0.2, -0.15) is 0 Å². The molecule has 0 spiro atoms. The number of nitrogens with one attached hydrogen (secondary N) is 1. The zero-order valence-corrected chi connectivity index (χ0v) is 12.7. The van der Waals surface area contributed by atoms with E-state index >= 15 is 0 Å². The molecule has 0 aromatic heterocycles. The number of halogens is 2. The van der Waals surface area contributed by atoms with Crippen LogP contribution in [0.4, 0.5) is 8.78 Å². The van der Waals surface area contributed by atoms with Gasteiger partial charge in [-0.25, -0.2) is 8.78 Å². The van der Waals surface area contributed by atoms with Gasteiger partial charge in [-0.1, -0.05) is 30.7 Å². The Balaban J connectivity index is 2.35. The quantitative estimate of drug-likeness (QED) is 0.856. The summed E-state index contributed by atoms with van der Waals surface area (Å²) in [6.45, 7) is 6.74. The van der Waals surface area contributed by atoms with E-state index in [9.17, 15) is 8.78 Å². The molecule has 3 heteroatoms. The first-order valence-electron chi connectivity index (χ1n) is 7.25. The average molecular weight is 289 g/mol. The summed E-state index contributed by atoms with van der Waals surface area (Å²) >= 11 is 0. The van der Waals surface area contributed by atoms with Gasteiger partial charge in [0, 0.05) is 11.6 Å². The molecule has 0 bridgehead atoms.